The largest absolute Gasteiger partial charge is 0.363 e. The Bertz CT molecular complexity index is 608. The number of aromatic nitrogens is 3. The van der Waals surface area contributed by atoms with Gasteiger partial charge in [-0.2, -0.15) is 10.2 Å². The molecule has 0 bridgehead atoms. The fourth-order valence-electron chi connectivity index (χ4n) is 1.37. The van der Waals surface area contributed by atoms with Gasteiger partial charge in [0.15, 0.2) is 0 Å². The van der Waals surface area contributed by atoms with E-state index < -0.39 is 10.0 Å². The Morgan fingerprint density at radius 3 is 2.89 bits per heavy atom. The molecule has 0 saturated heterocycles. The van der Waals surface area contributed by atoms with Crippen LogP contribution in [0.4, 0.5) is 0 Å². The molecule has 2 rings (SSSR count). The van der Waals surface area contributed by atoms with Gasteiger partial charge in [-0.3, -0.25) is 0 Å². The van der Waals surface area contributed by atoms with E-state index in [0.29, 0.717) is 11.4 Å². The zero-order valence-corrected chi connectivity index (χ0v) is 10.3. The Balaban J connectivity index is 2.08. The molecular weight excluding hydrogens is 254 g/mol. The summed E-state index contributed by atoms with van der Waals surface area (Å²) in [5.41, 5.74) is 6.62. The van der Waals surface area contributed by atoms with Crippen molar-refractivity contribution >= 4 is 10.0 Å². The molecule has 0 amide bonds. The van der Waals surface area contributed by atoms with Gasteiger partial charge in [0.1, 0.15) is 0 Å². The second kappa shape index (κ2) is 5.25. The summed E-state index contributed by atoms with van der Waals surface area (Å²) in [6, 6.07) is 4.89. The molecule has 0 unspecified atom stereocenters. The first kappa shape index (κ1) is 12.7. The number of aromatic amines is 1. The van der Waals surface area contributed by atoms with Gasteiger partial charge in [0.25, 0.3) is 0 Å². The van der Waals surface area contributed by atoms with Crippen molar-refractivity contribution < 1.29 is 8.42 Å². The summed E-state index contributed by atoms with van der Waals surface area (Å²) < 4.78 is 26.3. The average molecular weight is 267 g/mol. The summed E-state index contributed by atoms with van der Waals surface area (Å²) in [4.78, 5) is 2.95. The van der Waals surface area contributed by atoms with E-state index in [9.17, 15) is 8.42 Å². The van der Waals surface area contributed by atoms with Gasteiger partial charge < -0.3 is 10.7 Å². The van der Waals surface area contributed by atoms with Crippen LogP contribution in [0.3, 0.4) is 0 Å². The molecule has 96 valence electrons. The van der Waals surface area contributed by atoms with Gasteiger partial charge in [-0.05, 0) is 18.2 Å². The monoisotopic (exact) mass is 267 g/mol. The van der Waals surface area contributed by atoms with E-state index in [1.54, 1.807) is 12.1 Å². The van der Waals surface area contributed by atoms with Crippen molar-refractivity contribution in [2.45, 2.75) is 18.0 Å². The second-order valence-corrected chi connectivity index (χ2v) is 5.37. The zero-order valence-electron chi connectivity index (χ0n) is 9.50. The van der Waals surface area contributed by atoms with Crippen molar-refractivity contribution in [3.63, 3.8) is 0 Å². The Morgan fingerprint density at radius 2 is 2.28 bits per heavy atom. The minimum absolute atomic E-state index is 0.0965. The molecule has 0 radical (unpaired) electrons. The highest BCUT2D eigenvalue weighted by Crippen LogP contribution is 2.10. The van der Waals surface area contributed by atoms with E-state index in [1.165, 1.54) is 18.5 Å². The number of sulfonamides is 1. The molecule has 0 spiro atoms. The van der Waals surface area contributed by atoms with Crippen LogP contribution in [0.1, 0.15) is 11.4 Å². The fourth-order valence-corrected chi connectivity index (χ4v) is 2.39. The van der Waals surface area contributed by atoms with Gasteiger partial charge in [-0.25, -0.2) is 13.1 Å². The first-order chi connectivity index (χ1) is 8.62. The average Bonchev–Trinajstić information content (AvgIpc) is 2.87. The van der Waals surface area contributed by atoms with Crippen molar-refractivity contribution in [2.24, 2.45) is 5.73 Å². The minimum atomic E-state index is -3.55. The number of hydrogen-bond donors (Lipinski definition) is 3. The van der Waals surface area contributed by atoms with E-state index in [0.717, 1.165) is 0 Å². The summed E-state index contributed by atoms with van der Waals surface area (Å²) in [6.07, 6.45) is 2.93. The highest BCUT2D eigenvalue weighted by Gasteiger charge is 2.15. The lowest BCUT2D eigenvalue weighted by atomic mass is 10.4. The number of nitrogens with zero attached hydrogens (tertiary/aromatic N) is 2. The number of rotatable bonds is 5. The zero-order chi connectivity index (χ0) is 13.0. The fraction of sp³-hybridized carbons (Fsp3) is 0.200. The maximum Gasteiger partial charge on any atom is 0.242 e. The normalized spacial score (nSPS) is 11.6. The lowest BCUT2D eigenvalue weighted by Gasteiger charge is -2.03. The molecule has 4 N–H and O–H groups in total. The van der Waals surface area contributed by atoms with Crippen LogP contribution in [0.2, 0.25) is 0 Å². The molecular formula is C10H13N5O2S. The van der Waals surface area contributed by atoms with Gasteiger partial charge in [0.05, 0.1) is 17.1 Å². The molecule has 8 heteroatoms. The number of nitrogens with two attached hydrogens (primary N) is 1. The van der Waals surface area contributed by atoms with Crippen LogP contribution in [-0.2, 0) is 23.1 Å². The van der Waals surface area contributed by atoms with Gasteiger partial charge in [0, 0.05) is 24.6 Å². The van der Waals surface area contributed by atoms with Crippen molar-refractivity contribution in [3.05, 3.63) is 42.0 Å². The smallest absolute Gasteiger partial charge is 0.242 e. The number of H-pyrrole nitrogens is 1. The van der Waals surface area contributed by atoms with Crippen molar-refractivity contribution in [3.8, 4) is 0 Å². The molecule has 0 aromatic carbocycles. The summed E-state index contributed by atoms with van der Waals surface area (Å²) in [7, 11) is -3.55. The van der Waals surface area contributed by atoms with Crippen molar-refractivity contribution in [2.75, 3.05) is 0 Å². The lowest BCUT2D eigenvalue weighted by Crippen LogP contribution is -2.23. The molecule has 2 aromatic heterocycles. The molecule has 2 aromatic rings. The van der Waals surface area contributed by atoms with Crippen LogP contribution in [0.15, 0.2) is 35.5 Å². The topological polar surface area (TPSA) is 114 Å². The first-order valence-corrected chi connectivity index (χ1v) is 6.74. The Hall–Kier alpha value is -1.77. The van der Waals surface area contributed by atoms with Crippen molar-refractivity contribution in [1.29, 1.82) is 0 Å². The maximum absolute atomic E-state index is 11.9. The Kier molecular flexibility index (Phi) is 3.70. The predicted molar refractivity (Wildman–Crippen MR) is 64.7 cm³/mol. The van der Waals surface area contributed by atoms with Gasteiger partial charge in [-0.15, -0.1) is 0 Å². The Morgan fingerprint density at radius 1 is 1.44 bits per heavy atom. The molecule has 0 aliphatic carbocycles. The van der Waals surface area contributed by atoms with E-state index in [2.05, 4.69) is 19.9 Å². The summed E-state index contributed by atoms with van der Waals surface area (Å²) in [5, 5.41) is 7.46. The van der Waals surface area contributed by atoms with Crippen LogP contribution in [-0.4, -0.2) is 23.6 Å². The molecule has 0 fully saturated rings. The number of nitrogens with one attached hydrogen (secondary N) is 2. The standard InChI is InChI=1S/C10H13N5O2S/c11-5-9-4-10(7-12-9)18(16,17)14-6-8-2-1-3-13-15-8/h1-4,7,12,14H,5-6,11H2. The van der Waals surface area contributed by atoms with Gasteiger partial charge in [0.2, 0.25) is 10.0 Å². The van der Waals surface area contributed by atoms with E-state index in [1.807, 2.05) is 0 Å². The van der Waals surface area contributed by atoms with Crippen LogP contribution in [0, 0.1) is 0 Å². The second-order valence-electron chi connectivity index (χ2n) is 3.60. The summed E-state index contributed by atoms with van der Waals surface area (Å²) in [6.45, 7) is 0.360. The quantitative estimate of drug-likeness (QED) is 0.690. The third kappa shape index (κ3) is 2.92. The highest BCUT2D eigenvalue weighted by atomic mass is 32.2. The predicted octanol–water partition coefficient (Wildman–Crippen LogP) is -0.258. The van der Waals surface area contributed by atoms with Gasteiger partial charge in [-0.1, -0.05) is 0 Å². The van der Waals surface area contributed by atoms with E-state index in [-0.39, 0.29) is 18.0 Å². The Labute approximate surface area is 104 Å². The van der Waals surface area contributed by atoms with E-state index >= 15 is 0 Å². The molecule has 0 atom stereocenters. The van der Waals surface area contributed by atoms with Crippen molar-refractivity contribution in [1.82, 2.24) is 19.9 Å². The van der Waals surface area contributed by atoms with Crippen LogP contribution in [0.5, 0.6) is 0 Å². The molecule has 7 nitrogen and oxygen atoms in total. The van der Waals surface area contributed by atoms with E-state index in [4.69, 9.17) is 5.73 Å². The SMILES string of the molecule is NCc1cc(S(=O)(=O)NCc2cccnn2)c[nH]1. The summed E-state index contributed by atoms with van der Waals surface area (Å²) >= 11 is 0. The molecule has 0 saturated carbocycles. The maximum atomic E-state index is 11.9. The molecule has 18 heavy (non-hydrogen) atoms. The minimum Gasteiger partial charge on any atom is -0.363 e. The third-order valence-corrected chi connectivity index (χ3v) is 3.70. The van der Waals surface area contributed by atoms with Crippen LogP contribution in [0.25, 0.3) is 0 Å². The number of hydrogen-bond acceptors (Lipinski definition) is 5. The first-order valence-electron chi connectivity index (χ1n) is 5.25. The highest BCUT2D eigenvalue weighted by molar-refractivity contribution is 7.89. The lowest BCUT2D eigenvalue weighted by molar-refractivity contribution is 0.580. The van der Waals surface area contributed by atoms with Crippen LogP contribution < -0.4 is 10.5 Å². The molecule has 0 aliphatic rings. The molecule has 0 aliphatic heterocycles. The third-order valence-electron chi connectivity index (χ3n) is 2.32. The molecule has 2 heterocycles. The summed E-state index contributed by atoms with van der Waals surface area (Å²) in [5.74, 6) is 0. The van der Waals surface area contributed by atoms with Crippen LogP contribution >= 0.6 is 0 Å². The van der Waals surface area contributed by atoms with Gasteiger partial charge >= 0.3 is 0 Å².